The molecular weight excluding hydrogens is 266 g/mol. The molecule has 1 amide bonds. The standard InChI is InChI=1S/C15H13N5O/c1-9-5-6-10-3-2-4-12(13(10)19-9)20-14(21)11-7-17-15(16)18-8-11/h2-8H,1H3,(H,20,21)(H2,16,17,18). The number of nitrogens with zero attached hydrogens (tertiary/aromatic N) is 3. The highest BCUT2D eigenvalue weighted by molar-refractivity contribution is 6.08. The van der Waals surface area contributed by atoms with Crippen LogP contribution in [0.3, 0.4) is 0 Å². The first-order valence-electron chi connectivity index (χ1n) is 6.39. The summed E-state index contributed by atoms with van der Waals surface area (Å²) in [5, 5.41) is 3.79. The van der Waals surface area contributed by atoms with E-state index in [1.54, 1.807) is 0 Å². The number of pyridine rings is 1. The molecule has 0 spiro atoms. The van der Waals surface area contributed by atoms with Crippen LogP contribution in [0.4, 0.5) is 11.6 Å². The summed E-state index contributed by atoms with van der Waals surface area (Å²) in [5.41, 5.74) is 8.04. The van der Waals surface area contributed by atoms with Crippen LogP contribution >= 0.6 is 0 Å². The van der Waals surface area contributed by atoms with Crippen LogP contribution in [0.25, 0.3) is 10.9 Å². The number of rotatable bonds is 2. The molecule has 0 saturated heterocycles. The molecule has 2 heterocycles. The number of carbonyl (C=O) groups excluding carboxylic acids is 1. The number of benzene rings is 1. The minimum atomic E-state index is -0.300. The van der Waals surface area contributed by atoms with Gasteiger partial charge in [0.1, 0.15) is 0 Å². The van der Waals surface area contributed by atoms with Gasteiger partial charge in [0.25, 0.3) is 5.91 Å². The predicted molar refractivity (Wildman–Crippen MR) is 80.9 cm³/mol. The van der Waals surface area contributed by atoms with Gasteiger partial charge in [-0.3, -0.25) is 9.78 Å². The zero-order valence-corrected chi connectivity index (χ0v) is 11.4. The number of hydrogen-bond donors (Lipinski definition) is 2. The van der Waals surface area contributed by atoms with Crippen molar-refractivity contribution >= 4 is 28.4 Å². The monoisotopic (exact) mass is 279 g/mol. The summed E-state index contributed by atoms with van der Waals surface area (Å²) in [5.74, 6) is -0.167. The van der Waals surface area contributed by atoms with E-state index in [2.05, 4.69) is 20.3 Å². The number of aryl methyl sites for hydroxylation is 1. The van der Waals surface area contributed by atoms with E-state index in [-0.39, 0.29) is 11.9 Å². The van der Waals surface area contributed by atoms with E-state index in [0.717, 1.165) is 16.6 Å². The molecule has 3 N–H and O–H groups in total. The molecule has 2 aromatic heterocycles. The van der Waals surface area contributed by atoms with Crippen molar-refractivity contribution in [2.45, 2.75) is 6.92 Å². The van der Waals surface area contributed by atoms with Gasteiger partial charge in [-0.25, -0.2) is 9.97 Å². The van der Waals surface area contributed by atoms with E-state index < -0.39 is 0 Å². The summed E-state index contributed by atoms with van der Waals surface area (Å²) in [6.45, 7) is 1.91. The summed E-state index contributed by atoms with van der Waals surface area (Å²) < 4.78 is 0. The number of anilines is 2. The highest BCUT2D eigenvalue weighted by Gasteiger charge is 2.10. The van der Waals surface area contributed by atoms with Gasteiger partial charge in [-0.1, -0.05) is 18.2 Å². The Kier molecular flexibility index (Phi) is 3.19. The lowest BCUT2D eigenvalue weighted by atomic mass is 10.1. The van der Waals surface area contributed by atoms with Gasteiger partial charge in [0.15, 0.2) is 0 Å². The van der Waals surface area contributed by atoms with Gasteiger partial charge in [0, 0.05) is 23.5 Å². The van der Waals surface area contributed by atoms with E-state index in [1.807, 2.05) is 37.3 Å². The van der Waals surface area contributed by atoms with Gasteiger partial charge in [0.05, 0.1) is 16.8 Å². The second-order valence-electron chi connectivity index (χ2n) is 4.61. The first-order valence-corrected chi connectivity index (χ1v) is 6.39. The number of nitrogen functional groups attached to an aromatic ring is 1. The molecule has 0 atom stereocenters. The Morgan fingerprint density at radius 3 is 2.67 bits per heavy atom. The summed E-state index contributed by atoms with van der Waals surface area (Å²) in [6.07, 6.45) is 2.78. The third kappa shape index (κ3) is 2.64. The topological polar surface area (TPSA) is 93.8 Å². The lowest BCUT2D eigenvalue weighted by Gasteiger charge is -2.08. The zero-order valence-electron chi connectivity index (χ0n) is 11.4. The molecule has 0 bridgehead atoms. The van der Waals surface area contributed by atoms with Gasteiger partial charge >= 0.3 is 0 Å². The molecule has 3 aromatic rings. The molecule has 0 aliphatic heterocycles. The van der Waals surface area contributed by atoms with E-state index in [1.165, 1.54) is 12.4 Å². The summed E-state index contributed by atoms with van der Waals surface area (Å²) in [4.78, 5) is 24.3. The van der Waals surface area contributed by atoms with Gasteiger partial charge in [-0.2, -0.15) is 0 Å². The smallest absolute Gasteiger partial charge is 0.258 e. The minimum absolute atomic E-state index is 0.133. The maximum absolute atomic E-state index is 12.2. The lowest BCUT2D eigenvalue weighted by Crippen LogP contribution is -2.13. The normalized spacial score (nSPS) is 10.5. The first-order chi connectivity index (χ1) is 10.1. The van der Waals surface area contributed by atoms with Crippen molar-refractivity contribution in [1.29, 1.82) is 0 Å². The van der Waals surface area contributed by atoms with Gasteiger partial charge in [-0.05, 0) is 19.1 Å². The molecule has 0 aliphatic carbocycles. The number of nitrogens with two attached hydrogens (primary N) is 1. The molecule has 6 nitrogen and oxygen atoms in total. The van der Waals surface area contributed by atoms with Crippen molar-refractivity contribution in [3.63, 3.8) is 0 Å². The molecule has 104 valence electrons. The second-order valence-corrected chi connectivity index (χ2v) is 4.61. The average molecular weight is 279 g/mol. The molecule has 0 aliphatic rings. The second kappa shape index (κ2) is 5.16. The van der Waals surface area contributed by atoms with Gasteiger partial charge in [0.2, 0.25) is 5.95 Å². The number of para-hydroxylation sites is 1. The Balaban J connectivity index is 1.96. The van der Waals surface area contributed by atoms with E-state index in [4.69, 9.17) is 5.73 Å². The van der Waals surface area contributed by atoms with Crippen LogP contribution in [0.5, 0.6) is 0 Å². The number of nitrogens with one attached hydrogen (secondary N) is 1. The Bertz CT molecular complexity index is 814. The van der Waals surface area contributed by atoms with E-state index in [0.29, 0.717) is 11.3 Å². The van der Waals surface area contributed by atoms with Crippen molar-refractivity contribution in [2.75, 3.05) is 11.1 Å². The maximum Gasteiger partial charge on any atom is 0.258 e. The van der Waals surface area contributed by atoms with Crippen molar-refractivity contribution in [1.82, 2.24) is 15.0 Å². The predicted octanol–water partition coefficient (Wildman–Crippen LogP) is 2.17. The Hall–Kier alpha value is -3.02. The summed E-state index contributed by atoms with van der Waals surface area (Å²) in [7, 11) is 0. The minimum Gasteiger partial charge on any atom is -0.368 e. The molecular formula is C15H13N5O. The molecule has 0 saturated carbocycles. The summed E-state index contributed by atoms with van der Waals surface area (Å²) in [6, 6.07) is 9.53. The van der Waals surface area contributed by atoms with E-state index in [9.17, 15) is 4.79 Å². The quantitative estimate of drug-likeness (QED) is 0.749. The first kappa shape index (κ1) is 13.0. The fraction of sp³-hybridized carbons (Fsp3) is 0.0667. The Labute approximate surface area is 121 Å². The van der Waals surface area contributed by atoms with E-state index >= 15 is 0 Å². The fourth-order valence-corrected chi connectivity index (χ4v) is 2.00. The largest absolute Gasteiger partial charge is 0.368 e. The molecule has 0 unspecified atom stereocenters. The molecule has 1 aromatic carbocycles. The summed E-state index contributed by atoms with van der Waals surface area (Å²) >= 11 is 0. The third-order valence-electron chi connectivity index (χ3n) is 3.04. The van der Waals surface area contributed by atoms with Crippen molar-refractivity contribution in [2.24, 2.45) is 0 Å². The van der Waals surface area contributed by atoms with Crippen molar-refractivity contribution in [3.8, 4) is 0 Å². The molecule has 3 rings (SSSR count). The molecule has 0 radical (unpaired) electrons. The van der Waals surface area contributed by atoms with Crippen LogP contribution in [0.2, 0.25) is 0 Å². The van der Waals surface area contributed by atoms with Gasteiger partial charge < -0.3 is 11.1 Å². The molecule has 6 heteroatoms. The van der Waals surface area contributed by atoms with Crippen LogP contribution < -0.4 is 11.1 Å². The fourth-order valence-electron chi connectivity index (χ4n) is 2.00. The molecule has 0 fully saturated rings. The number of carbonyl (C=O) groups is 1. The molecule has 21 heavy (non-hydrogen) atoms. The van der Waals surface area contributed by atoms with Crippen LogP contribution in [0.15, 0.2) is 42.7 Å². The SMILES string of the molecule is Cc1ccc2cccc(NC(=O)c3cnc(N)nc3)c2n1. The number of fused-ring (bicyclic) bond motifs is 1. The maximum atomic E-state index is 12.2. The van der Waals surface area contributed by atoms with Crippen molar-refractivity contribution in [3.05, 3.63) is 54.0 Å². The highest BCUT2D eigenvalue weighted by atomic mass is 16.1. The zero-order chi connectivity index (χ0) is 14.8. The van der Waals surface area contributed by atoms with Crippen LogP contribution in [-0.2, 0) is 0 Å². The highest BCUT2D eigenvalue weighted by Crippen LogP contribution is 2.22. The average Bonchev–Trinajstić information content (AvgIpc) is 2.48. The Morgan fingerprint density at radius 2 is 1.90 bits per heavy atom. The number of hydrogen-bond acceptors (Lipinski definition) is 5. The van der Waals surface area contributed by atoms with Crippen LogP contribution in [0, 0.1) is 6.92 Å². The third-order valence-corrected chi connectivity index (χ3v) is 3.04. The van der Waals surface area contributed by atoms with Gasteiger partial charge in [-0.15, -0.1) is 0 Å². The number of aromatic nitrogens is 3. The van der Waals surface area contributed by atoms with Crippen LogP contribution in [-0.4, -0.2) is 20.9 Å². The lowest BCUT2D eigenvalue weighted by molar-refractivity contribution is 0.102. The Morgan fingerprint density at radius 1 is 1.14 bits per heavy atom. The van der Waals surface area contributed by atoms with Crippen LogP contribution in [0.1, 0.15) is 16.1 Å². The number of amides is 1. The van der Waals surface area contributed by atoms with Crippen molar-refractivity contribution < 1.29 is 4.79 Å².